The molecule has 0 saturated carbocycles. The van der Waals surface area contributed by atoms with Crippen molar-refractivity contribution >= 4 is 32.7 Å². The minimum atomic E-state index is 0.0631. The van der Waals surface area contributed by atoms with E-state index in [0.717, 1.165) is 54.4 Å². The number of hydrogen-bond acceptors (Lipinski definition) is 3. The number of rotatable bonds is 1. The van der Waals surface area contributed by atoms with Gasteiger partial charge in [-0.05, 0) is 31.0 Å². The average molecular weight is 349 g/mol. The maximum atomic E-state index is 12.9. The second-order valence-electron chi connectivity index (χ2n) is 5.83. The zero-order valence-electron chi connectivity index (χ0n) is 11.7. The molecule has 1 N–H and O–H groups in total. The molecule has 2 bridgehead atoms. The highest BCUT2D eigenvalue weighted by Crippen LogP contribution is 2.26. The van der Waals surface area contributed by atoms with Crippen molar-refractivity contribution < 1.29 is 4.79 Å². The van der Waals surface area contributed by atoms with Gasteiger partial charge in [-0.15, -0.1) is 0 Å². The number of H-pyrrole nitrogens is 1. The molecule has 2 aromatic rings. The highest BCUT2D eigenvalue weighted by atomic mass is 79.9. The Morgan fingerprint density at radius 1 is 1.24 bits per heavy atom. The zero-order chi connectivity index (χ0) is 14.4. The molecule has 5 rings (SSSR count). The SMILES string of the molecule is O=C(c1n[nH]c2ccc(Br)cc12)N1CCN2CCC1CC2. The number of piperidine rings is 1. The number of nitrogens with zero attached hydrogens (tertiary/aromatic N) is 3. The molecule has 1 aromatic carbocycles. The van der Waals surface area contributed by atoms with Gasteiger partial charge in [0.15, 0.2) is 5.69 Å². The number of benzene rings is 1. The topological polar surface area (TPSA) is 52.2 Å². The Balaban J connectivity index is 1.71. The molecular weight excluding hydrogens is 332 g/mol. The van der Waals surface area contributed by atoms with Gasteiger partial charge in [-0.3, -0.25) is 9.89 Å². The lowest BCUT2D eigenvalue weighted by molar-refractivity contribution is 0.0681. The molecule has 4 heterocycles. The summed E-state index contributed by atoms with van der Waals surface area (Å²) >= 11 is 3.47. The number of aromatic amines is 1. The predicted octanol–water partition coefficient (Wildman–Crippen LogP) is 2.25. The summed E-state index contributed by atoms with van der Waals surface area (Å²) in [6.07, 6.45) is 2.16. The highest BCUT2D eigenvalue weighted by Gasteiger charge is 2.33. The van der Waals surface area contributed by atoms with E-state index >= 15 is 0 Å². The second kappa shape index (κ2) is 5.10. The lowest BCUT2D eigenvalue weighted by atomic mass is 10.0. The lowest BCUT2D eigenvalue weighted by Crippen LogP contribution is -2.41. The van der Waals surface area contributed by atoms with Gasteiger partial charge in [0, 0.05) is 42.1 Å². The third-order valence-electron chi connectivity index (χ3n) is 4.64. The van der Waals surface area contributed by atoms with Crippen LogP contribution in [0.15, 0.2) is 22.7 Å². The molecule has 3 saturated heterocycles. The first-order valence-corrected chi connectivity index (χ1v) is 8.18. The van der Waals surface area contributed by atoms with Crippen molar-refractivity contribution in [3.8, 4) is 0 Å². The number of fused-ring (bicyclic) bond motifs is 5. The molecule has 0 unspecified atom stereocenters. The highest BCUT2D eigenvalue weighted by molar-refractivity contribution is 9.10. The minimum Gasteiger partial charge on any atom is -0.333 e. The van der Waals surface area contributed by atoms with Gasteiger partial charge in [-0.1, -0.05) is 15.9 Å². The van der Waals surface area contributed by atoms with Crippen molar-refractivity contribution in [1.82, 2.24) is 20.0 Å². The Kier molecular flexibility index (Phi) is 3.23. The van der Waals surface area contributed by atoms with Gasteiger partial charge in [-0.2, -0.15) is 5.10 Å². The third kappa shape index (κ3) is 2.26. The second-order valence-corrected chi connectivity index (χ2v) is 6.75. The molecule has 0 spiro atoms. The summed E-state index contributed by atoms with van der Waals surface area (Å²) in [4.78, 5) is 17.4. The molecule has 0 radical (unpaired) electrons. The normalized spacial score (nSPS) is 25.3. The quantitative estimate of drug-likeness (QED) is 0.859. The number of halogens is 1. The fraction of sp³-hybridized carbons (Fsp3) is 0.467. The summed E-state index contributed by atoms with van der Waals surface area (Å²) in [5.74, 6) is 0.0631. The van der Waals surface area contributed by atoms with E-state index in [4.69, 9.17) is 0 Å². The van der Waals surface area contributed by atoms with E-state index in [1.54, 1.807) is 0 Å². The van der Waals surface area contributed by atoms with Gasteiger partial charge in [-0.25, -0.2) is 0 Å². The van der Waals surface area contributed by atoms with Crippen LogP contribution < -0.4 is 0 Å². The summed E-state index contributed by atoms with van der Waals surface area (Å²) in [5, 5.41) is 8.14. The first kappa shape index (κ1) is 13.3. The zero-order valence-corrected chi connectivity index (χ0v) is 13.3. The van der Waals surface area contributed by atoms with Crippen molar-refractivity contribution in [3.05, 3.63) is 28.4 Å². The van der Waals surface area contributed by atoms with Crippen LogP contribution >= 0.6 is 15.9 Å². The monoisotopic (exact) mass is 348 g/mol. The number of aromatic nitrogens is 2. The van der Waals surface area contributed by atoms with Gasteiger partial charge < -0.3 is 9.80 Å². The molecular formula is C15H17BrN4O. The van der Waals surface area contributed by atoms with Crippen molar-refractivity contribution in [2.45, 2.75) is 18.9 Å². The smallest absolute Gasteiger partial charge is 0.275 e. The van der Waals surface area contributed by atoms with Gasteiger partial charge in [0.2, 0.25) is 0 Å². The van der Waals surface area contributed by atoms with Crippen LogP contribution in [0.2, 0.25) is 0 Å². The van der Waals surface area contributed by atoms with E-state index in [0.29, 0.717) is 11.7 Å². The van der Waals surface area contributed by atoms with Crippen LogP contribution in [0.1, 0.15) is 23.3 Å². The van der Waals surface area contributed by atoms with Crippen LogP contribution in [0.25, 0.3) is 10.9 Å². The van der Waals surface area contributed by atoms with Crippen LogP contribution in [0.5, 0.6) is 0 Å². The standard InChI is InChI=1S/C15H17BrN4O/c16-10-1-2-13-12(9-10)14(18-17-13)15(21)20-8-7-19-5-3-11(20)4-6-19/h1-2,9,11H,3-8H2,(H,17,18). The van der Waals surface area contributed by atoms with Crippen molar-refractivity contribution in [3.63, 3.8) is 0 Å². The first-order chi connectivity index (χ1) is 10.2. The molecule has 1 aromatic heterocycles. The fourth-order valence-corrected chi connectivity index (χ4v) is 3.80. The number of carbonyl (C=O) groups excluding carboxylic acids is 1. The maximum Gasteiger partial charge on any atom is 0.275 e. The Hall–Kier alpha value is -1.40. The van der Waals surface area contributed by atoms with Crippen LogP contribution in [0, 0.1) is 0 Å². The van der Waals surface area contributed by atoms with E-state index < -0.39 is 0 Å². The summed E-state index contributed by atoms with van der Waals surface area (Å²) < 4.78 is 0.966. The maximum absolute atomic E-state index is 12.9. The number of nitrogens with one attached hydrogen (secondary N) is 1. The van der Waals surface area contributed by atoms with Crippen LogP contribution in [-0.2, 0) is 0 Å². The predicted molar refractivity (Wildman–Crippen MR) is 84.3 cm³/mol. The number of amides is 1. The van der Waals surface area contributed by atoms with Gasteiger partial charge in [0.1, 0.15) is 0 Å². The molecule has 3 aliphatic rings. The fourth-order valence-electron chi connectivity index (χ4n) is 3.44. The molecule has 21 heavy (non-hydrogen) atoms. The van der Waals surface area contributed by atoms with Gasteiger partial charge >= 0.3 is 0 Å². The number of carbonyl (C=O) groups is 1. The van der Waals surface area contributed by atoms with E-state index in [2.05, 4.69) is 31.0 Å². The van der Waals surface area contributed by atoms with Crippen molar-refractivity contribution in [1.29, 1.82) is 0 Å². The Bertz CT molecular complexity index is 690. The Morgan fingerprint density at radius 3 is 2.86 bits per heavy atom. The largest absolute Gasteiger partial charge is 0.333 e. The van der Waals surface area contributed by atoms with E-state index in [1.807, 2.05) is 23.1 Å². The van der Waals surface area contributed by atoms with Crippen LogP contribution in [-0.4, -0.2) is 58.1 Å². The Labute approximate surface area is 131 Å². The van der Waals surface area contributed by atoms with Crippen LogP contribution in [0.4, 0.5) is 0 Å². The molecule has 0 aliphatic carbocycles. The van der Waals surface area contributed by atoms with Gasteiger partial charge in [0.05, 0.1) is 5.52 Å². The minimum absolute atomic E-state index is 0.0631. The van der Waals surface area contributed by atoms with E-state index in [-0.39, 0.29) is 5.91 Å². The summed E-state index contributed by atoms with van der Waals surface area (Å²) in [7, 11) is 0. The number of hydrogen-bond donors (Lipinski definition) is 1. The third-order valence-corrected chi connectivity index (χ3v) is 5.14. The molecule has 3 aliphatic heterocycles. The molecule has 6 heteroatoms. The molecule has 1 amide bonds. The van der Waals surface area contributed by atoms with Crippen molar-refractivity contribution in [2.75, 3.05) is 26.2 Å². The first-order valence-electron chi connectivity index (χ1n) is 7.39. The van der Waals surface area contributed by atoms with E-state index in [9.17, 15) is 4.79 Å². The summed E-state index contributed by atoms with van der Waals surface area (Å²) in [5.41, 5.74) is 1.45. The Morgan fingerprint density at radius 2 is 2.05 bits per heavy atom. The lowest BCUT2D eigenvalue weighted by Gasteiger charge is -2.31. The molecule has 5 nitrogen and oxygen atoms in total. The molecule has 110 valence electrons. The summed E-state index contributed by atoms with van der Waals surface area (Å²) in [6.45, 7) is 4.02. The van der Waals surface area contributed by atoms with E-state index in [1.165, 1.54) is 0 Å². The molecule has 3 fully saturated rings. The van der Waals surface area contributed by atoms with Crippen LogP contribution in [0.3, 0.4) is 0 Å². The molecule has 0 atom stereocenters. The average Bonchev–Trinajstić information content (AvgIpc) is 2.68. The van der Waals surface area contributed by atoms with Gasteiger partial charge in [0.25, 0.3) is 5.91 Å². The summed E-state index contributed by atoms with van der Waals surface area (Å²) in [6, 6.07) is 6.23. The van der Waals surface area contributed by atoms with Crippen molar-refractivity contribution in [2.24, 2.45) is 0 Å².